The van der Waals surface area contributed by atoms with Crippen molar-refractivity contribution in [3.63, 3.8) is 0 Å². The van der Waals surface area contributed by atoms with E-state index in [0.717, 1.165) is 12.8 Å². The Balaban J connectivity index is 3.62. The van der Waals surface area contributed by atoms with E-state index < -0.39 is 0 Å². The summed E-state index contributed by atoms with van der Waals surface area (Å²) < 4.78 is 0. The normalized spacial score (nSPS) is 17.3. The SMILES string of the molecule is CCC(N)(CN)CCCl. The molecular formula is C6H15ClN2. The highest BCUT2D eigenvalue weighted by atomic mass is 35.5. The highest BCUT2D eigenvalue weighted by molar-refractivity contribution is 6.17. The van der Waals surface area contributed by atoms with Gasteiger partial charge in [0.2, 0.25) is 0 Å². The van der Waals surface area contributed by atoms with Crippen LogP contribution < -0.4 is 11.5 Å². The Morgan fingerprint density at radius 3 is 2.22 bits per heavy atom. The quantitative estimate of drug-likeness (QED) is 0.580. The predicted octanol–water partition coefficient (Wildman–Crippen LogP) is 0.681. The van der Waals surface area contributed by atoms with Gasteiger partial charge in [-0.05, 0) is 12.8 Å². The molecule has 0 aromatic rings. The van der Waals surface area contributed by atoms with Crippen molar-refractivity contribution in [1.82, 2.24) is 0 Å². The summed E-state index contributed by atoms with van der Waals surface area (Å²) in [4.78, 5) is 0. The molecule has 0 spiro atoms. The fourth-order valence-electron chi connectivity index (χ4n) is 0.611. The molecule has 1 atom stereocenters. The third-order valence-electron chi connectivity index (χ3n) is 1.70. The zero-order chi connectivity index (χ0) is 7.33. The average molecular weight is 151 g/mol. The lowest BCUT2D eigenvalue weighted by Gasteiger charge is -2.24. The lowest BCUT2D eigenvalue weighted by atomic mass is 9.95. The molecule has 0 saturated heterocycles. The van der Waals surface area contributed by atoms with Crippen LogP contribution in [0.5, 0.6) is 0 Å². The van der Waals surface area contributed by atoms with Gasteiger partial charge in [0.15, 0.2) is 0 Å². The first kappa shape index (κ1) is 9.21. The molecule has 56 valence electrons. The van der Waals surface area contributed by atoms with Gasteiger partial charge in [0.05, 0.1) is 0 Å². The van der Waals surface area contributed by atoms with Crippen molar-refractivity contribution < 1.29 is 0 Å². The maximum absolute atomic E-state index is 5.80. The number of halogens is 1. The topological polar surface area (TPSA) is 52.0 Å². The van der Waals surface area contributed by atoms with E-state index >= 15 is 0 Å². The van der Waals surface area contributed by atoms with Gasteiger partial charge in [0.1, 0.15) is 0 Å². The van der Waals surface area contributed by atoms with Crippen molar-refractivity contribution in [1.29, 1.82) is 0 Å². The average Bonchev–Trinajstić information content (AvgIpc) is 1.89. The van der Waals surface area contributed by atoms with Crippen LogP contribution in [0, 0.1) is 0 Å². The highest BCUT2D eigenvalue weighted by Crippen LogP contribution is 2.09. The Morgan fingerprint density at radius 1 is 1.56 bits per heavy atom. The first-order chi connectivity index (χ1) is 4.18. The van der Waals surface area contributed by atoms with Crippen molar-refractivity contribution in [3.05, 3.63) is 0 Å². The van der Waals surface area contributed by atoms with Crippen LogP contribution in [0.25, 0.3) is 0 Å². The van der Waals surface area contributed by atoms with Crippen molar-refractivity contribution in [3.8, 4) is 0 Å². The van der Waals surface area contributed by atoms with Crippen LogP contribution >= 0.6 is 11.6 Å². The summed E-state index contributed by atoms with van der Waals surface area (Å²) in [5, 5.41) is 0. The third kappa shape index (κ3) is 3.04. The molecule has 0 heterocycles. The summed E-state index contributed by atoms with van der Waals surface area (Å²) in [7, 11) is 0. The fourth-order valence-corrected chi connectivity index (χ4v) is 0.988. The second kappa shape index (κ2) is 4.09. The molecule has 3 heteroatoms. The predicted molar refractivity (Wildman–Crippen MR) is 41.6 cm³/mol. The van der Waals surface area contributed by atoms with Gasteiger partial charge in [-0.15, -0.1) is 11.6 Å². The fraction of sp³-hybridized carbons (Fsp3) is 1.00. The monoisotopic (exact) mass is 150 g/mol. The van der Waals surface area contributed by atoms with E-state index in [1.807, 2.05) is 6.92 Å². The van der Waals surface area contributed by atoms with E-state index in [2.05, 4.69) is 0 Å². The lowest BCUT2D eigenvalue weighted by Crippen LogP contribution is -2.46. The Bertz CT molecular complexity index is 71.5. The van der Waals surface area contributed by atoms with Crippen LogP contribution in [0.1, 0.15) is 19.8 Å². The van der Waals surface area contributed by atoms with Gasteiger partial charge in [0.25, 0.3) is 0 Å². The molecular weight excluding hydrogens is 136 g/mol. The molecule has 0 aliphatic heterocycles. The second-order valence-corrected chi connectivity index (χ2v) is 2.74. The minimum atomic E-state index is -0.220. The van der Waals surface area contributed by atoms with Gasteiger partial charge >= 0.3 is 0 Å². The van der Waals surface area contributed by atoms with Crippen LogP contribution in [0.2, 0.25) is 0 Å². The number of hydrogen-bond donors (Lipinski definition) is 2. The maximum atomic E-state index is 5.80. The van der Waals surface area contributed by atoms with E-state index in [4.69, 9.17) is 23.1 Å². The molecule has 0 saturated carbocycles. The molecule has 0 fully saturated rings. The van der Waals surface area contributed by atoms with Gasteiger partial charge in [-0.2, -0.15) is 0 Å². The van der Waals surface area contributed by atoms with Crippen LogP contribution in [-0.4, -0.2) is 18.0 Å². The van der Waals surface area contributed by atoms with Gasteiger partial charge in [-0.1, -0.05) is 6.92 Å². The van der Waals surface area contributed by atoms with E-state index in [0.29, 0.717) is 12.4 Å². The highest BCUT2D eigenvalue weighted by Gasteiger charge is 2.18. The van der Waals surface area contributed by atoms with Crippen LogP contribution in [0.15, 0.2) is 0 Å². The van der Waals surface area contributed by atoms with Crippen molar-refractivity contribution in [2.75, 3.05) is 12.4 Å². The second-order valence-electron chi connectivity index (χ2n) is 2.36. The standard InChI is InChI=1S/C6H15ClN2/c1-2-6(9,5-8)3-4-7/h2-5,8-9H2,1H3. The number of nitrogens with two attached hydrogens (primary N) is 2. The van der Waals surface area contributed by atoms with E-state index in [-0.39, 0.29) is 5.54 Å². The Labute approximate surface area is 61.5 Å². The Morgan fingerprint density at radius 2 is 2.11 bits per heavy atom. The minimum Gasteiger partial charge on any atom is -0.329 e. The first-order valence-electron chi connectivity index (χ1n) is 3.23. The molecule has 4 N–H and O–H groups in total. The van der Waals surface area contributed by atoms with E-state index in [1.54, 1.807) is 0 Å². The molecule has 0 bridgehead atoms. The first-order valence-corrected chi connectivity index (χ1v) is 3.77. The van der Waals surface area contributed by atoms with E-state index in [1.165, 1.54) is 0 Å². The summed E-state index contributed by atoms with van der Waals surface area (Å²) in [6, 6.07) is 0. The molecule has 0 aliphatic carbocycles. The molecule has 0 aromatic heterocycles. The third-order valence-corrected chi connectivity index (χ3v) is 1.89. The molecule has 0 aliphatic rings. The van der Waals surface area contributed by atoms with Crippen molar-refractivity contribution in [2.45, 2.75) is 25.3 Å². The minimum absolute atomic E-state index is 0.220. The zero-order valence-electron chi connectivity index (χ0n) is 5.86. The van der Waals surface area contributed by atoms with Gasteiger partial charge in [-0.3, -0.25) is 0 Å². The molecule has 2 nitrogen and oxygen atoms in total. The van der Waals surface area contributed by atoms with Gasteiger partial charge in [-0.25, -0.2) is 0 Å². The number of alkyl halides is 1. The molecule has 1 unspecified atom stereocenters. The van der Waals surface area contributed by atoms with Crippen LogP contribution in [-0.2, 0) is 0 Å². The van der Waals surface area contributed by atoms with Gasteiger partial charge < -0.3 is 11.5 Å². The molecule has 0 radical (unpaired) electrons. The largest absolute Gasteiger partial charge is 0.329 e. The molecule has 0 rings (SSSR count). The van der Waals surface area contributed by atoms with Gasteiger partial charge in [0, 0.05) is 18.0 Å². The van der Waals surface area contributed by atoms with Crippen LogP contribution in [0.3, 0.4) is 0 Å². The summed E-state index contributed by atoms with van der Waals surface area (Å²) in [5.41, 5.74) is 11.0. The maximum Gasteiger partial charge on any atom is 0.0287 e. The summed E-state index contributed by atoms with van der Waals surface area (Å²) >= 11 is 5.51. The summed E-state index contributed by atoms with van der Waals surface area (Å²) in [6.45, 7) is 2.55. The summed E-state index contributed by atoms with van der Waals surface area (Å²) in [5.74, 6) is 0.599. The number of hydrogen-bond acceptors (Lipinski definition) is 2. The van der Waals surface area contributed by atoms with E-state index in [9.17, 15) is 0 Å². The Hall–Kier alpha value is 0.210. The van der Waals surface area contributed by atoms with Crippen molar-refractivity contribution in [2.24, 2.45) is 11.5 Å². The number of rotatable bonds is 4. The van der Waals surface area contributed by atoms with Crippen molar-refractivity contribution >= 4 is 11.6 Å². The molecule has 9 heavy (non-hydrogen) atoms. The Kier molecular flexibility index (Phi) is 4.19. The molecule has 0 aromatic carbocycles. The lowest BCUT2D eigenvalue weighted by molar-refractivity contribution is 0.409. The molecule has 0 amide bonds. The zero-order valence-corrected chi connectivity index (χ0v) is 6.62. The van der Waals surface area contributed by atoms with Crippen LogP contribution in [0.4, 0.5) is 0 Å². The summed E-state index contributed by atoms with van der Waals surface area (Å²) in [6.07, 6.45) is 1.71. The smallest absolute Gasteiger partial charge is 0.0287 e.